The third kappa shape index (κ3) is 3.30. The third-order valence-corrected chi connectivity index (χ3v) is 4.97. The molecule has 0 aliphatic carbocycles. The molecule has 4 rings (SSSR count). The Morgan fingerprint density at radius 3 is 2.56 bits per heavy atom. The monoisotopic (exact) mass is 337 g/mol. The van der Waals surface area contributed by atoms with Crippen LogP contribution in [-0.4, -0.2) is 47.3 Å². The molecule has 0 saturated carbocycles. The summed E-state index contributed by atoms with van der Waals surface area (Å²) in [5.74, 6) is 0.787. The van der Waals surface area contributed by atoms with Gasteiger partial charge in [0, 0.05) is 26.2 Å². The lowest BCUT2D eigenvalue weighted by atomic mass is 10.1. The minimum atomic E-state index is 0.0650. The van der Waals surface area contributed by atoms with Crippen LogP contribution in [0.3, 0.4) is 0 Å². The third-order valence-electron chi connectivity index (χ3n) is 4.97. The van der Waals surface area contributed by atoms with E-state index < -0.39 is 0 Å². The Labute approximate surface area is 146 Å². The number of nitrogens with zero attached hydrogens (tertiary/aromatic N) is 3. The summed E-state index contributed by atoms with van der Waals surface area (Å²) < 4.78 is 7.20. The lowest BCUT2D eigenvalue weighted by molar-refractivity contribution is 0.0369. The van der Waals surface area contributed by atoms with Crippen LogP contribution in [0.5, 0.6) is 0 Å². The number of ether oxygens (including phenoxy) is 1. The van der Waals surface area contributed by atoms with Gasteiger partial charge in [-0.3, -0.25) is 14.3 Å². The van der Waals surface area contributed by atoms with Crippen LogP contribution in [0.15, 0.2) is 41.2 Å². The van der Waals surface area contributed by atoms with E-state index in [9.17, 15) is 4.79 Å². The second kappa shape index (κ2) is 6.94. The molecular weight excluding hydrogens is 314 g/mol. The molecule has 1 aliphatic rings. The molecule has 2 heterocycles. The van der Waals surface area contributed by atoms with Crippen molar-refractivity contribution in [1.82, 2.24) is 14.5 Å². The molecule has 5 nitrogen and oxygen atoms in total. The minimum Gasteiger partial charge on any atom is -0.379 e. The molecule has 130 valence electrons. The maximum Gasteiger partial charge on any atom is 0.261 e. The first-order valence-corrected chi connectivity index (χ1v) is 8.92. The summed E-state index contributed by atoms with van der Waals surface area (Å²) in [6.07, 6.45) is 0.946. The van der Waals surface area contributed by atoms with Crippen molar-refractivity contribution < 1.29 is 4.74 Å². The van der Waals surface area contributed by atoms with E-state index in [1.165, 1.54) is 0 Å². The summed E-state index contributed by atoms with van der Waals surface area (Å²) in [6, 6.07) is 12.1. The number of fused-ring (bicyclic) bond motifs is 2. The molecule has 1 aromatic heterocycles. The Kier molecular flexibility index (Phi) is 4.51. The number of rotatable bonds is 4. The van der Waals surface area contributed by atoms with Crippen molar-refractivity contribution in [2.45, 2.75) is 19.9 Å². The zero-order chi connectivity index (χ0) is 17.2. The van der Waals surface area contributed by atoms with Crippen molar-refractivity contribution in [2.75, 3.05) is 32.8 Å². The van der Waals surface area contributed by atoms with Crippen molar-refractivity contribution in [2.24, 2.45) is 0 Å². The van der Waals surface area contributed by atoms with E-state index in [1.54, 1.807) is 0 Å². The van der Waals surface area contributed by atoms with Gasteiger partial charge in [0.25, 0.3) is 5.56 Å². The Hall–Kier alpha value is -2.24. The molecule has 1 aliphatic heterocycles. The van der Waals surface area contributed by atoms with Crippen LogP contribution in [0.1, 0.15) is 12.2 Å². The van der Waals surface area contributed by atoms with Crippen molar-refractivity contribution in [3.63, 3.8) is 0 Å². The Bertz CT molecular complexity index is 958. The summed E-state index contributed by atoms with van der Waals surface area (Å²) in [5.41, 5.74) is 0.848. The molecule has 0 radical (unpaired) electrons. The van der Waals surface area contributed by atoms with Crippen LogP contribution in [0.25, 0.3) is 21.7 Å². The van der Waals surface area contributed by atoms with Crippen LogP contribution < -0.4 is 5.56 Å². The van der Waals surface area contributed by atoms with Gasteiger partial charge in [0.2, 0.25) is 0 Å². The van der Waals surface area contributed by atoms with E-state index in [0.717, 1.165) is 61.4 Å². The standard InChI is InChI=1S/C20H23N3O2/c1-15-21-19-14-17-6-3-2-5-16(17)13-18(19)20(24)23(15)8-4-7-22-9-11-25-12-10-22/h2-3,5-6,13-14H,4,7-12H2,1H3. The summed E-state index contributed by atoms with van der Waals surface area (Å²) in [4.78, 5) is 20.0. The molecule has 0 bridgehead atoms. The molecular formula is C20H23N3O2. The lowest BCUT2D eigenvalue weighted by Gasteiger charge is -2.26. The SMILES string of the molecule is Cc1nc2cc3ccccc3cc2c(=O)n1CCCN1CCOCC1. The normalized spacial score (nSPS) is 15.9. The fourth-order valence-electron chi connectivity index (χ4n) is 3.56. The van der Waals surface area contributed by atoms with Gasteiger partial charge in [0.05, 0.1) is 24.1 Å². The van der Waals surface area contributed by atoms with E-state index >= 15 is 0 Å². The summed E-state index contributed by atoms with van der Waals surface area (Å²) >= 11 is 0. The van der Waals surface area contributed by atoms with Crippen molar-refractivity contribution in [1.29, 1.82) is 0 Å². The van der Waals surface area contributed by atoms with Gasteiger partial charge in [-0.05, 0) is 36.2 Å². The summed E-state index contributed by atoms with van der Waals surface area (Å²) in [5, 5.41) is 2.90. The predicted octanol–water partition coefficient (Wildman–Crippen LogP) is 2.58. The molecule has 0 spiro atoms. The molecule has 0 atom stereocenters. The van der Waals surface area contributed by atoms with Crippen molar-refractivity contribution >= 4 is 21.7 Å². The van der Waals surface area contributed by atoms with Crippen LogP contribution in [0.4, 0.5) is 0 Å². The Balaban J connectivity index is 1.62. The molecule has 25 heavy (non-hydrogen) atoms. The number of hydrogen-bond acceptors (Lipinski definition) is 4. The first-order chi connectivity index (χ1) is 12.2. The van der Waals surface area contributed by atoms with Gasteiger partial charge in [-0.25, -0.2) is 4.98 Å². The highest BCUT2D eigenvalue weighted by Crippen LogP contribution is 2.19. The maximum absolute atomic E-state index is 13.0. The van der Waals surface area contributed by atoms with Gasteiger partial charge in [-0.15, -0.1) is 0 Å². The smallest absolute Gasteiger partial charge is 0.261 e. The van der Waals surface area contributed by atoms with Crippen LogP contribution >= 0.6 is 0 Å². The zero-order valence-corrected chi connectivity index (χ0v) is 14.6. The second-order valence-electron chi connectivity index (χ2n) is 6.64. The molecule has 3 aromatic rings. The van der Waals surface area contributed by atoms with Gasteiger partial charge in [-0.2, -0.15) is 0 Å². The average molecular weight is 337 g/mol. The van der Waals surface area contributed by atoms with E-state index in [-0.39, 0.29) is 5.56 Å². The summed E-state index contributed by atoms with van der Waals surface area (Å²) in [6.45, 7) is 7.20. The van der Waals surface area contributed by atoms with Gasteiger partial charge in [0.1, 0.15) is 5.82 Å². The molecule has 1 saturated heterocycles. The van der Waals surface area contributed by atoms with Crippen molar-refractivity contribution in [3.05, 3.63) is 52.6 Å². The van der Waals surface area contributed by atoms with E-state index in [4.69, 9.17) is 4.74 Å². The molecule has 0 N–H and O–H groups in total. The minimum absolute atomic E-state index is 0.0650. The molecule has 1 fully saturated rings. The molecule has 0 unspecified atom stereocenters. The highest BCUT2D eigenvalue weighted by Gasteiger charge is 2.12. The average Bonchev–Trinajstić information content (AvgIpc) is 2.64. The topological polar surface area (TPSA) is 47.4 Å². The van der Waals surface area contributed by atoms with Gasteiger partial charge >= 0.3 is 0 Å². The van der Waals surface area contributed by atoms with Crippen LogP contribution in [-0.2, 0) is 11.3 Å². The van der Waals surface area contributed by atoms with Gasteiger partial charge < -0.3 is 4.74 Å². The first-order valence-electron chi connectivity index (χ1n) is 8.92. The first kappa shape index (κ1) is 16.2. The van der Waals surface area contributed by atoms with E-state index in [2.05, 4.69) is 16.0 Å². The fraction of sp³-hybridized carbons (Fsp3) is 0.400. The molecule has 5 heteroatoms. The highest BCUT2D eigenvalue weighted by molar-refractivity contribution is 5.96. The van der Waals surface area contributed by atoms with Gasteiger partial charge in [-0.1, -0.05) is 24.3 Å². The number of aromatic nitrogens is 2. The number of aryl methyl sites for hydroxylation is 1. The number of hydrogen-bond donors (Lipinski definition) is 0. The number of benzene rings is 2. The quantitative estimate of drug-likeness (QED) is 0.687. The predicted molar refractivity (Wildman–Crippen MR) is 100 cm³/mol. The molecule has 0 amide bonds. The molecule has 2 aromatic carbocycles. The highest BCUT2D eigenvalue weighted by atomic mass is 16.5. The van der Waals surface area contributed by atoms with E-state index in [1.807, 2.05) is 41.8 Å². The largest absolute Gasteiger partial charge is 0.379 e. The van der Waals surface area contributed by atoms with Crippen LogP contribution in [0, 0.1) is 6.92 Å². The summed E-state index contributed by atoms with van der Waals surface area (Å²) in [7, 11) is 0. The second-order valence-corrected chi connectivity index (χ2v) is 6.64. The van der Waals surface area contributed by atoms with Crippen LogP contribution in [0.2, 0.25) is 0 Å². The van der Waals surface area contributed by atoms with E-state index in [0.29, 0.717) is 11.9 Å². The Morgan fingerprint density at radius 1 is 1.08 bits per heavy atom. The Morgan fingerprint density at radius 2 is 1.80 bits per heavy atom. The van der Waals surface area contributed by atoms with Crippen molar-refractivity contribution in [3.8, 4) is 0 Å². The number of morpholine rings is 1. The van der Waals surface area contributed by atoms with Gasteiger partial charge in [0.15, 0.2) is 0 Å². The lowest BCUT2D eigenvalue weighted by Crippen LogP contribution is -2.37. The fourth-order valence-corrected chi connectivity index (χ4v) is 3.56. The zero-order valence-electron chi connectivity index (χ0n) is 14.6. The maximum atomic E-state index is 13.0.